The summed E-state index contributed by atoms with van der Waals surface area (Å²) in [4.78, 5) is 41.1. The molecule has 0 saturated heterocycles. The molecule has 0 saturated carbocycles. The first-order chi connectivity index (χ1) is 13.8. The number of carbonyl (C=O) groups excluding carboxylic acids is 1. The maximum atomic E-state index is 14.2. The Labute approximate surface area is 173 Å². The molecule has 0 aliphatic heterocycles. The van der Waals surface area contributed by atoms with Crippen LogP contribution in [0.15, 0.2) is 62.6 Å². The molecular formula is C20H18BrFN4O3. The Morgan fingerprint density at radius 2 is 1.90 bits per heavy atom. The van der Waals surface area contributed by atoms with Crippen LogP contribution in [0, 0.1) is 5.82 Å². The number of halogens is 2. The Morgan fingerprint density at radius 3 is 2.55 bits per heavy atom. The lowest BCUT2D eigenvalue weighted by Crippen LogP contribution is -2.41. The smallest absolute Gasteiger partial charge is 0.330 e. The number of aromatic amines is 1. The van der Waals surface area contributed by atoms with Gasteiger partial charge in [-0.05, 0) is 30.7 Å². The Kier molecular flexibility index (Phi) is 5.97. The van der Waals surface area contributed by atoms with Crippen molar-refractivity contribution in [3.05, 3.63) is 90.8 Å². The first-order valence-electron chi connectivity index (χ1n) is 8.77. The number of nitrogen functional groups attached to an aromatic ring is 1. The highest BCUT2D eigenvalue weighted by Gasteiger charge is 2.26. The second-order valence-corrected chi connectivity index (χ2v) is 7.15. The average molecular weight is 461 g/mol. The molecule has 0 spiro atoms. The van der Waals surface area contributed by atoms with Crippen LogP contribution >= 0.6 is 15.9 Å². The molecule has 1 amide bonds. The predicted molar refractivity (Wildman–Crippen MR) is 113 cm³/mol. The van der Waals surface area contributed by atoms with Gasteiger partial charge in [-0.25, -0.2) is 9.18 Å². The van der Waals surface area contributed by atoms with E-state index >= 15 is 0 Å². The third-order valence-electron chi connectivity index (χ3n) is 4.39. The standard InChI is InChI=1S/C20H18BrFN4O3/c1-2-25(19(28)14-10-13(21)8-9-15(14)22)16-17(23)26(20(29)24-18(16)27)11-12-6-4-3-5-7-12/h3-10H,2,11,23H2,1H3,(H,24,27,29). The number of anilines is 2. The SMILES string of the molecule is CCN(C(=O)c1cc(Br)ccc1F)c1c(N)n(Cc2ccccc2)c(=O)[nH]c1=O. The fourth-order valence-corrected chi connectivity index (χ4v) is 3.33. The Bertz CT molecular complexity index is 1170. The zero-order valence-corrected chi connectivity index (χ0v) is 17.1. The van der Waals surface area contributed by atoms with Crippen molar-refractivity contribution < 1.29 is 9.18 Å². The molecular weight excluding hydrogens is 443 g/mol. The summed E-state index contributed by atoms with van der Waals surface area (Å²) in [5.74, 6) is -1.65. The number of carbonyl (C=O) groups is 1. The summed E-state index contributed by atoms with van der Waals surface area (Å²) in [6.45, 7) is 1.77. The zero-order chi connectivity index (χ0) is 21.1. The number of rotatable bonds is 5. The van der Waals surface area contributed by atoms with E-state index in [0.717, 1.165) is 16.5 Å². The van der Waals surface area contributed by atoms with Crippen LogP contribution in [0.4, 0.5) is 15.9 Å². The second-order valence-electron chi connectivity index (χ2n) is 6.24. The number of hydrogen-bond acceptors (Lipinski definition) is 4. The van der Waals surface area contributed by atoms with Gasteiger partial charge in [-0.3, -0.25) is 19.1 Å². The topological polar surface area (TPSA) is 101 Å². The van der Waals surface area contributed by atoms with Gasteiger partial charge in [0, 0.05) is 11.0 Å². The van der Waals surface area contributed by atoms with E-state index in [1.165, 1.54) is 16.7 Å². The van der Waals surface area contributed by atoms with E-state index in [-0.39, 0.29) is 30.2 Å². The van der Waals surface area contributed by atoms with Crippen molar-refractivity contribution in [2.75, 3.05) is 17.2 Å². The Balaban J connectivity index is 2.12. The molecule has 0 radical (unpaired) electrons. The molecule has 0 bridgehead atoms. The highest BCUT2D eigenvalue weighted by Crippen LogP contribution is 2.23. The van der Waals surface area contributed by atoms with Crippen LogP contribution in [0.5, 0.6) is 0 Å². The molecule has 3 N–H and O–H groups in total. The monoisotopic (exact) mass is 460 g/mol. The summed E-state index contributed by atoms with van der Waals surface area (Å²) < 4.78 is 15.9. The quantitative estimate of drug-likeness (QED) is 0.610. The summed E-state index contributed by atoms with van der Waals surface area (Å²) in [6, 6.07) is 13.0. The Hall–Kier alpha value is -3.20. The van der Waals surface area contributed by atoms with Crippen LogP contribution < -0.4 is 21.9 Å². The van der Waals surface area contributed by atoms with Crippen LogP contribution in [-0.2, 0) is 6.54 Å². The van der Waals surface area contributed by atoms with Crippen molar-refractivity contribution in [2.45, 2.75) is 13.5 Å². The minimum Gasteiger partial charge on any atom is -0.383 e. The lowest BCUT2D eigenvalue weighted by molar-refractivity contribution is 0.0984. The lowest BCUT2D eigenvalue weighted by atomic mass is 10.1. The van der Waals surface area contributed by atoms with Crippen molar-refractivity contribution in [3.8, 4) is 0 Å². The molecule has 1 heterocycles. The number of amides is 1. The molecule has 0 atom stereocenters. The molecule has 0 aliphatic rings. The minimum atomic E-state index is -0.817. The van der Waals surface area contributed by atoms with Gasteiger partial charge in [-0.15, -0.1) is 0 Å². The highest BCUT2D eigenvalue weighted by atomic mass is 79.9. The van der Waals surface area contributed by atoms with Gasteiger partial charge >= 0.3 is 5.69 Å². The first kappa shape index (κ1) is 20.5. The molecule has 29 heavy (non-hydrogen) atoms. The number of nitrogens with zero attached hydrogens (tertiary/aromatic N) is 2. The van der Waals surface area contributed by atoms with Crippen molar-refractivity contribution in [2.24, 2.45) is 0 Å². The van der Waals surface area contributed by atoms with Gasteiger partial charge in [0.1, 0.15) is 11.6 Å². The molecule has 0 aliphatic carbocycles. The van der Waals surface area contributed by atoms with E-state index in [9.17, 15) is 18.8 Å². The highest BCUT2D eigenvalue weighted by molar-refractivity contribution is 9.10. The van der Waals surface area contributed by atoms with Crippen molar-refractivity contribution >= 4 is 33.3 Å². The van der Waals surface area contributed by atoms with Crippen molar-refractivity contribution in [1.82, 2.24) is 9.55 Å². The van der Waals surface area contributed by atoms with E-state index in [1.807, 2.05) is 6.07 Å². The van der Waals surface area contributed by atoms with E-state index in [0.29, 0.717) is 4.47 Å². The van der Waals surface area contributed by atoms with Crippen LogP contribution in [0.25, 0.3) is 0 Å². The van der Waals surface area contributed by atoms with Crippen molar-refractivity contribution in [1.29, 1.82) is 0 Å². The van der Waals surface area contributed by atoms with Crippen LogP contribution in [-0.4, -0.2) is 22.0 Å². The maximum Gasteiger partial charge on any atom is 0.330 e. The van der Waals surface area contributed by atoms with Gasteiger partial charge in [0.05, 0.1) is 12.1 Å². The van der Waals surface area contributed by atoms with Gasteiger partial charge < -0.3 is 10.6 Å². The molecule has 7 nitrogen and oxygen atoms in total. The molecule has 1 aromatic heterocycles. The molecule has 150 valence electrons. The molecule has 3 aromatic rings. The molecule has 0 fully saturated rings. The van der Waals surface area contributed by atoms with Gasteiger partial charge in [0.15, 0.2) is 5.69 Å². The van der Waals surface area contributed by atoms with Crippen LogP contribution in [0.2, 0.25) is 0 Å². The second kappa shape index (κ2) is 8.44. The number of benzene rings is 2. The van der Waals surface area contributed by atoms with E-state index in [2.05, 4.69) is 20.9 Å². The fourth-order valence-electron chi connectivity index (χ4n) is 2.97. The van der Waals surface area contributed by atoms with Gasteiger partial charge in [-0.2, -0.15) is 0 Å². The third kappa shape index (κ3) is 4.14. The third-order valence-corrected chi connectivity index (χ3v) is 4.88. The summed E-state index contributed by atoms with van der Waals surface area (Å²) in [5, 5.41) is 0. The minimum absolute atomic E-state index is 0.0433. The van der Waals surface area contributed by atoms with E-state index < -0.39 is 23.0 Å². The molecule has 3 rings (SSSR count). The number of aromatic nitrogens is 2. The number of H-pyrrole nitrogens is 1. The first-order valence-corrected chi connectivity index (χ1v) is 9.56. The van der Waals surface area contributed by atoms with Crippen LogP contribution in [0.3, 0.4) is 0 Å². The maximum absolute atomic E-state index is 14.2. The predicted octanol–water partition coefficient (Wildman–Crippen LogP) is 2.74. The number of hydrogen-bond donors (Lipinski definition) is 2. The summed E-state index contributed by atoms with van der Waals surface area (Å²) in [7, 11) is 0. The summed E-state index contributed by atoms with van der Waals surface area (Å²) in [6.07, 6.45) is 0. The van der Waals surface area contributed by atoms with Crippen LogP contribution in [0.1, 0.15) is 22.8 Å². The molecule has 0 unspecified atom stereocenters. The number of nitrogens with two attached hydrogens (primary N) is 1. The van der Waals surface area contributed by atoms with Gasteiger partial charge in [0.2, 0.25) is 0 Å². The Morgan fingerprint density at radius 1 is 1.21 bits per heavy atom. The lowest BCUT2D eigenvalue weighted by Gasteiger charge is -2.23. The zero-order valence-electron chi connectivity index (χ0n) is 15.5. The fraction of sp³-hybridized carbons (Fsp3) is 0.150. The van der Waals surface area contributed by atoms with Gasteiger partial charge in [0.25, 0.3) is 11.5 Å². The average Bonchev–Trinajstić information content (AvgIpc) is 2.70. The largest absolute Gasteiger partial charge is 0.383 e. The van der Waals surface area contributed by atoms with E-state index in [1.54, 1.807) is 31.2 Å². The number of nitrogens with one attached hydrogen (secondary N) is 1. The van der Waals surface area contributed by atoms with Crippen molar-refractivity contribution in [3.63, 3.8) is 0 Å². The molecule has 9 heteroatoms. The van der Waals surface area contributed by atoms with Gasteiger partial charge in [-0.1, -0.05) is 46.3 Å². The summed E-state index contributed by atoms with van der Waals surface area (Å²) >= 11 is 3.20. The molecule has 2 aromatic carbocycles. The normalized spacial score (nSPS) is 10.7. The summed E-state index contributed by atoms with van der Waals surface area (Å²) in [5.41, 5.74) is 4.99. The van der Waals surface area contributed by atoms with E-state index in [4.69, 9.17) is 5.73 Å².